The Bertz CT molecular complexity index is 634. The summed E-state index contributed by atoms with van der Waals surface area (Å²) >= 11 is 5.64. The fraction of sp³-hybridized carbons (Fsp3) is 0.462. The first-order chi connectivity index (χ1) is 10.2. The molecule has 0 spiro atoms. The molecule has 1 aromatic heterocycles. The van der Waals surface area contributed by atoms with Gasteiger partial charge in [-0.05, 0) is 28.6 Å². The van der Waals surface area contributed by atoms with Crippen molar-refractivity contribution >= 4 is 22.6 Å². The molecule has 2 aromatic rings. The zero-order valence-corrected chi connectivity index (χ0v) is 12.1. The minimum absolute atomic E-state index is 0.0708. The van der Waals surface area contributed by atoms with Crippen molar-refractivity contribution in [2.24, 2.45) is 0 Å². The van der Waals surface area contributed by atoms with E-state index in [1.54, 1.807) is 18.2 Å². The summed E-state index contributed by atoms with van der Waals surface area (Å²) in [7, 11) is 0. The second-order valence-corrected chi connectivity index (χ2v) is 5.04. The Balaban J connectivity index is 1.64. The number of rotatable bonds is 4. The van der Waals surface area contributed by atoms with Crippen LogP contribution in [-0.4, -0.2) is 54.4 Å². The minimum atomic E-state index is -0.0708. The van der Waals surface area contributed by atoms with E-state index in [9.17, 15) is 5.21 Å². The summed E-state index contributed by atoms with van der Waals surface area (Å²) in [6.07, 6.45) is 0. The molecule has 0 saturated carbocycles. The van der Waals surface area contributed by atoms with Gasteiger partial charge in [0.15, 0.2) is 0 Å². The highest BCUT2D eigenvalue weighted by molar-refractivity contribution is 6.28. The van der Waals surface area contributed by atoms with Crippen LogP contribution in [0.5, 0.6) is 5.75 Å². The van der Waals surface area contributed by atoms with Gasteiger partial charge in [0, 0.05) is 24.7 Å². The molecule has 0 N–H and O–H groups in total. The lowest BCUT2D eigenvalue weighted by molar-refractivity contribution is -0.642. The summed E-state index contributed by atoms with van der Waals surface area (Å²) in [6.45, 7) is 4.77. The molecule has 3 rings (SSSR count). The lowest BCUT2D eigenvalue weighted by atomic mass is 10.3. The Morgan fingerprint density at radius 2 is 2.19 bits per heavy atom. The van der Waals surface area contributed by atoms with E-state index in [2.05, 4.69) is 15.0 Å². The van der Waals surface area contributed by atoms with E-state index in [-0.39, 0.29) is 5.28 Å². The SMILES string of the molecule is [O-][n+]1nc(Cl)nc2ccc(OCCN3CCOCC3)cc21. The summed E-state index contributed by atoms with van der Waals surface area (Å²) in [6, 6.07) is 5.09. The van der Waals surface area contributed by atoms with E-state index in [1.165, 1.54) is 0 Å². The van der Waals surface area contributed by atoms with Crippen LogP contribution in [0.3, 0.4) is 0 Å². The molecule has 1 aromatic carbocycles. The molecule has 0 bridgehead atoms. The molecule has 0 amide bonds. The highest BCUT2D eigenvalue weighted by Crippen LogP contribution is 2.17. The third-order valence-corrected chi connectivity index (χ3v) is 3.48. The molecule has 112 valence electrons. The Morgan fingerprint density at radius 1 is 1.38 bits per heavy atom. The van der Waals surface area contributed by atoms with Crippen LogP contribution >= 0.6 is 11.6 Å². The number of nitrogens with zero attached hydrogens (tertiary/aromatic N) is 4. The van der Waals surface area contributed by atoms with Crippen LogP contribution in [0.25, 0.3) is 11.0 Å². The van der Waals surface area contributed by atoms with E-state index in [1.807, 2.05) is 0 Å². The fourth-order valence-electron chi connectivity index (χ4n) is 2.21. The monoisotopic (exact) mass is 310 g/mol. The number of benzene rings is 1. The van der Waals surface area contributed by atoms with E-state index in [4.69, 9.17) is 21.1 Å². The van der Waals surface area contributed by atoms with Crippen molar-refractivity contribution in [2.75, 3.05) is 39.5 Å². The van der Waals surface area contributed by atoms with Crippen LogP contribution in [0.2, 0.25) is 5.28 Å². The number of morpholine rings is 1. The Kier molecular flexibility index (Phi) is 4.33. The van der Waals surface area contributed by atoms with Gasteiger partial charge < -0.3 is 14.7 Å². The molecule has 2 heterocycles. The quantitative estimate of drug-likeness (QED) is 0.609. The molecule has 7 nitrogen and oxygen atoms in total. The predicted molar refractivity (Wildman–Crippen MR) is 76.3 cm³/mol. The van der Waals surface area contributed by atoms with Crippen LogP contribution in [0.1, 0.15) is 0 Å². The number of ether oxygens (including phenoxy) is 2. The number of hydrogen-bond donors (Lipinski definition) is 0. The second kappa shape index (κ2) is 6.38. The average molecular weight is 311 g/mol. The zero-order chi connectivity index (χ0) is 14.7. The van der Waals surface area contributed by atoms with Crippen molar-refractivity contribution in [3.8, 4) is 5.75 Å². The summed E-state index contributed by atoms with van der Waals surface area (Å²) in [5.41, 5.74) is 0.828. The van der Waals surface area contributed by atoms with E-state index < -0.39 is 0 Å². The second-order valence-electron chi connectivity index (χ2n) is 4.71. The van der Waals surface area contributed by atoms with Crippen molar-refractivity contribution in [1.82, 2.24) is 15.0 Å². The molecule has 1 saturated heterocycles. The molecule has 8 heteroatoms. The largest absolute Gasteiger partial charge is 0.594 e. The van der Waals surface area contributed by atoms with Gasteiger partial charge in [0.2, 0.25) is 0 Å². The molecule has 0 atom stereocenters. The van der Waals surface area contributed by atoms with Gasteiger partial charge in [0.25, 0.3) is 10.8 Å². The first-order valence-corrected chi connectivity index (χ1v) is 7.10. The Morgan fingerprint density at radius 3 is 3.00 bits per heavy atom. The minimum Gasteiger partial charge on any atom is -0.594 e. The highest BCUT2D eigenvalue weighted by atomic mass is 35.5. The summed E-state index contributed by atoms with van der Waals surface area (Å²) < 4.78 is 11.0. The van der Waals surface area contributed by atoms with Crippen molar-refractivity contribution in [3.05, 3.63) is 28.7 Å². The molecular weight excluding hydrogens is 296 g/mol. The normalized spacial score (nSPS) is 16.2. The lowest BCUT2D eigenvalue weighted by Gasteiger charge is -2.26. The van der Waals surface area contributed by atoms with Crippen molar-refractivity contribution < 1.29 is 14.3 Å². The summed E-state index contributed by atoms with van der Waals surface area (Å²) in [5, 5.41) is 15.1. The van der Waals surface area contributed by atoms with Gasteiger partial charge in [-0.3, -0.25) is 4.90 Å². The number of fused-ring (bicyclic) bond motifs is 1. The summed E-state index contributed by atoms with van der Waals surface area (Å²) in [5.74, 6) is 0.617. The number of halogens is 1. The molecular formula is C13H15ClN4O3. The van der Waals surface area contributed by atoms with Gasteiger partial charge in [0.05, 0.1) is 19.3 Å². The van der Waals surface area contributed by atoms with Crippen LogP contribution in [0, 0.1) is 5.21 Å². The standard InChI is InChI=1S/C13H15ClN4O3/c14-13-15-11-2-1-10(9-12(11)18(19)16-13)21-8-5-17-3-6-20-7-4-17/h1-2,9H,3-8H2. The molecule has 21 heavy (non-hydrogen) atoms. The zero-order valence-electron chi connectivity index (χ0n) is 11.4. The third-order valence-electron chi connectivity index (χ3n) is 3.32. The maximum absolute atomic E-state index is 11.7. The van der Waals surface area contributed by atoms with Crippen LogP contribution < -0.4 is 9.58 Å². The third kappa shape index (κ3) is 3.49. The molecule has 0 radical (unpaired) electrons. The van der Waals surface area contributed by atoms with Gasteiger partial charge in [0.1, 0.15) is 17.9 Å². The van der Waals surface area contributed by atoms with Gasteiger partial charge in [-0.25, -0.2) is 4.98 Å². The van der Waals surface area contributed by atoms with Crippen LogP contribution in [0.15, 0.2) is 18.2 Å². The van der Waals surface area contributed by atoms with E-state index in [0.29, 0.717) is 28.2 Å². The molecule has 0 unspecified atom stereocenters. The van der Waals surface area contributed by atoms with E-state index in [0.717, 1.165) is 32.8 Å². The maximum Gasteiger partial charge on any atom is 0.290 e. The molecule has 1 aliphatic heterocycles. The first kappa shape index (κ1) is 14.2. The van der Waals surface area contributed by atoms with E-state index >= 15 is 0 Å². The predicted octanol–water partition coefficient (Wildman–Crippen LogP) is 0.628. The van der Waals surface area contributed by atoms with Gasteiger partial charge in [-0.15, -0.1) is 0 Å². The Labute approximate surface area is 126 Å². The van der Waals surface area contributed by atoms with Crippen molar-refractivity contribution in [3.63, 3.8) is 0 Å². The van der Waals surface area contributed by atoms with Gasteiger partial charge in [-0.2, -0.15) is 0 Å². The highest BCUT2D eigenvalue weighted by Gasteiger charge is 2.12. The summed E-state index contributed by atoms with van der Waals surface area (Å²) in [4.78, 5) is 6.72. The fourth-order valence-corrected chi connectivity index (χ4v) is 2.37. The van der Waals surface area contributed by atoms with Crippen LogP contribution in [-0.2, 0) is 4.74 Å². The van der Waals surface area contributed by atoms with Gasteiger partial charge in [-0.1, -0.05) is 0 Å². The average Bonchev–Trinajstić information content (AvgIpc) is 2.49. The van der Waals surface area contributed by atoms with Crippen LogP contribution in [0.4, 0.5) is 0 Å². The maximum atomic E-state index is 11.7. The first-order valence-electron chi connectivity index (χ1n) is 6.72. The van der Waals surface area contributed by atoms with Crippen molar-refractivity contribution in [2.45, 2.75) is 0 Å². The van der Waals surface area contributed by atoms with Crippen molar-refractivity contribution in [1.29, 1.82) is 0 Å². The Hall–Kier alpha value is -1.70. The molecule has 1 aliphatic rings. The topological polar surface area (TPSA) is 74.4 Å². The number of aromatic nitrogens is 3. The number of hydrogen-bond acceptors (Lipinski definition) is 6. The smallest absolute Gasteiger partial charge is 0.290 e. The molecule has 1 fully saturated rings. The van der Waals surface area contributed by atoms with Gasteiger partial charge >= 0.3 is 0 Å². The lowest BCUT2D eigenvalue weighted by Crippen LogP contribution is -2.38. The molecule has 0 aliphatic carbocycles.